The summed E-state index contributed by atoms with van der Waals surface area (Å²) in [5.74, 6) is -1.54. The molecule has 0 unspecified atom stereocenters. The number of rotatable bonds is 5. The second kappa shape index (κ2) is 8.41. The van der Waals surface area contributed by atoms with Crippen LogP contribution in [0.5, 0.6) is 0 Å². The number of nitrogens with one attached hydrogen (secondary N) is 2. The zero-order valence-corrected chi connectivity index (χ0v) is 18.3. The van der Waals surface area contributed by atoms with Crippen molar-refractivity contribution >= 4 is 33.0 Å². The average Bonchev–Trinajstić information content (AvgIpc) is 3.18. The molecule has 0 aliphatic rings. The van der Waals surface area contributed by atoms with Gasteiger partial charge in [0, 0.05) is 23.1 Å². The predicted molar refractivity (Wildman–Crippen MR) is 112 cm³/mol. The lowest BCUT2D eigenvalue weighted by molar-refractivity contribution is -0.144. The van der Waals surface area contributed by atoms with E-state index in [9.17, 15) is 34.8 Å². The molecule has 2 N–H and O–H groups in total. The van der Waals surface area contributed by atoms with Crippen LogP contribution in [0.2, 0.25) is 0 Å². The van der Waals surface area contributed by atoms with Gasteiger partial charge in [0.1, 0.15) is 5.82 Å². The van der Waals surface area contributed by atoms with E-state index < -0.39 is 33.8 Å². The molecule has 0 spiro atoms. The van der Waals surface area contributed by atoms with Gasteiger partial charge >= 0.3 is 12.4 Å². The maximum atomic E-state index is 13.0. The number of aromatic nitrogens is 4. The molecular formula is C20H14F6N6O2S. The molecule has 0 saturated carbocycles. The number of sulfonamides is 1. The zero-order valence-electron chi connectivity index (χ0n) is 17.5. The predicted octanol–water partition coefficient (Wildman–Crippen LogP) is 5.01. The maximum absolute atomic E-state index is 13.0. The third-order valence-electron chi connectivity index (χ3n) is 4.60. The van der Waals surface area contributed by atoms with E-state index in [1.807, 2.05) is 0 Å². The summed E-state index contributed by atoms with van der Waals surface area (Å²) < 4.78 is 105. The first-order valence-corrected chi connectivity index (χ1v) is 11.1. The van der Waals surface area contributed by atoms with E-state index in [0.29, 0.717) is 11.4 Å². The summed E-state index contributed by atoms with van der Waals surface area (Å²) in [4.78, 5) is 7.10. The Morgan fingerprint density at radius 2 is 1.43 bits per heavy atom. The van der Waals surface area contributed by atoms with E-state index in [0.717, 1.165) is 28.8 Å². The van der Waals surface area contributed by atoms with Crippen LogP contribution in [0, 0.1) is 6.92 Å². The summed E-state index contributed by atoms with van der Waals surface area (Å²) in [6.07, 6.45) is -9.32. The summed E-state index contributed by atoms with van der Waals surface area (Å²) in [5, 5.41) is 6.26. The summed E-state index contributed by atoms with van der Waals surface area (Å²) in [6.45, 7) is 1.55. The molecular weight excluding hydrogens is 502 g/mol. The van der Waals surface area contributed by atoms with Crippen molar-refractivity contribution in [2.24, 2.45) is 0 Å². The highest BCUT2D eigenvalue weighted by molar-refractivity contribution is 7.92. The molecule has 0 atom stereocenters. The van der Waals surface area contributed by atoms with Crippen molar-refractivity contribution in [2.45, 2.75) is 24.2 Å². The highest BCUT2D eigenvalue weighted by atomic mass is 32.2. The Kier molecular flexibility index (Phi) is 5.82. The second-order valence-electron chi connectivity index (χ2n) is 7.26. The molecule has 184 valence electrons. The van der Waals surface area contributed by atoms with Crippen molar-refractivity contribution in [1.82, 2.24) is 19.6 Å². The molecule has 35 heavy (non-hydrogen) atoms. The van der Waals surface area contributed by atoms with Gasteiger partial charge in [0.15, 0.2) is 0 Å². The monoisotopic (exact) mass is 516 g/mol. The van der Waals surface area contributed by atoms with Crippen molar-refractivity contribution in [3.8, 4) is 0 Å². The largest absolute Gasteiger partial charge is 0.453 e. The van der Waals surface area contributed by atoms with Gasteiger partial charge < -0.3 is 5.32 Å². The fourth-order valence-corrected chi connectivity index (χ4v) is 4.06. The van der Waals surface area contributed by atoms with Crippen LogP contribution in [-0.2, 0) is 22.4 Å². The molecule has 0 fully saturated rings. The van der Waals surface area contributed by atoms with Gasteiger partial charge in [-0.25, -0.2) is 13.4 Å². The molecule has 4 rings (SSSR count). The average molecular weight is 516 g/mol. The van der Waals surface area contributed by atoms with Crippen LogP contribution >= 0.6 is 0 Å². The Bertz CT molecular complexity index is 1480. The Labute approximate surface area is 193 Å². The molecule has 0 amide bonds. The zero-order chi connectivity index (χ0) is 25.6. The van der Waals surface area contributed by atoms with Crippen LogP contribution in [0.4, 0.5) is 43.5 Å². The van der Waals surface area contributed by atoms with Crippen LogP contribution < -0.4 is 10.0 Å². The SMILES string of the molecule is Cc1cc(Nc2ccc(S(=O)(=O)Nc3ccc(C(F)(F)F)cc3)cc2)n2nc(C(F)(F)F)nc2n1. The standard InChI is InChI=1S/C20H14F6N6O2S/c1-11-10-16(32-18(27-11)29-17(30-32)20(24,25)26)28-13-6-8-15(9-7-13)35(33,34)31-14-4-2-12(3-5-14)19(21,22)23/h2-10,28,31H,1H3. The summed E-state index contributed by atoms with van der Waals surface area (Å²) >= 11 is 0. The number of aryl methyl sites for hydroxylation is 1. The number of hydrogen-bond acceptors (Lipinski definition) is 6. The molecule has 4 aromatic rings. The van der Waals surface area contributed by atoms with Crippen molar-refractivity contribution < 1.29 is 34.8 Å². The van der Waals surface area contributed by atoms with Gasteiger partial charge in [0.05, 0.1) is 10.5 Å². The van der Waals surface area contributed by atoms with Crippen molar-refractivity contribution in [2.75, 3.05) is 10.0 Å². The Balaban J connectivity index is 1.55. The molecule has 0 radical (unpaired) electrons. The van der Waals surface area contributed by atoms with E-state index in [4.69, 9.17) is 0 Å². The molecule has 15 heteroatoms. The van der Waals surface area contributed by atoms with E-state index in [2.05, 4.69) is 25.1 Å². The van der Waals surface area contributed by atoms with E-state index >= 15 is 0 Å². The van der Waals surface area contributed by atoms with Crippen molar-refractivity contribution in [3.05, 3.63) is 71.7 Å². The normalized spacial score (nSPS) is 12.7. The molecule has 0 bridgehead atoms. The van der Waals surface area contributed by atoms with Gasteiger partial charge in [-0.15, -0.1) is 5.10 Å². The summed E-state index contributed by atoms with van der Waals surface area (Å²) in [5.41, 5.74) is -0.317. The first-order valence-electron chi connectivity index (χ1n) is 9.61. The van der Waals surface area contributed by atoms with Gasteiger partial charge in [-0.3, -0.25) is 4.72 Å². The van der Waals surface area contributed by atoms with E-state index in [1.54, 1.807) is 6.92 Å². The number of halogens is 6. The highest BCUT2D eigenvalue weighted by Crippen LogP contribution is 2.31. The minimum atomic E-state index is -4.77. The number of alkyl halides is 6. The molecule has 2 aromatic heterocycles. The maximum Gasteiger partial charge on any atom is 0.453 e. The van der Waals surface area contributed by atoms with Crippen LogP contribution in [-0.4, -0.2) is 28.0 Å². The van der Waals surface area contributed by atoms with Crippen LogP contribution in [0.15, 0.2) is 59.5 Å². The first kappa shape index (κ1) is 24.3. The van der Waals surface area contributed by atoms with Gasteiger partial charge in [-0.1, -0.05) is 0 Å². The Morgan fingerprint density at radius 1 is 0.829 bits per heavy atom. The molecule has 0 saturated heterocycles. The number of anilines is 3. The van der Waals surface area contributed by atoms with Crippen LogP contribution in [0.3, 0.4) is 0 Å². The smallest absolute Gasteiger partial charge is 0.340 e. The molecule has 8 nitrogen and oxygen atoms in total. The lowest BCUT2D eigenvalue weighted by Crippen LogP contribution is -2.13. The van der Waals surface area contributed by atoms with Crippen molar-refractivity contribution in [3.63, 3.8) is 0 Å². The highest BCUT2D eigenvalue weighted by Gasteiger charge is 2.37. The first-order chi connectivity index (χ1) is 16.2. The Hall–Kier alpha value is -3.88. The fraction of sp³-hybridized carbons (Fsp3) is 0.150. The Morgan fingerprint density at radius 3 is 2.00 bits per heavy atom. The van der Waals surface area contributed by atoms with E-state index in [-0.39, 0.29) is 22.2 Å². The summed E-state index contributed by atoms with van der Waals surface area (Å²) in [6, 6.07) is 10.0. The molecule has 2 aromatic carbocycles. The number of hydrogen-bond donors (Lipinski definition) is 2. The van der Waals surface area contributed by atoms with Gasteiger partial charge in [-0.05, 0) is 55.5 Å². The number of benzene rings is 2. The topological polar surface area (TPSA) is 101 Å². The summed E-state index contributed by atoms with van der Waals surface area (Å²) in [7, 11) is -4.13. The molecule has 0 aliphatic carbocycles. The minimum absolute atomic E-state index is 0.0681. The number of nitrogens with zero attached hydrogens (tertiary/aromatic N) is 4. The lowest BCUT2D eigenvalue weighted by atomic mass is 10.2. The minimum Gasteiger partial charge on any atom is -0.340 e. The van der Waals surface area contributed by atoms with Gasteiger partial charge in [0.25, 0.3) is 21.6 Å². The third-order valence-corrected chi connectivity index (χ3v) is 5.99. The van der Waals surface area contributed by atoms with Crippen molar-refractivity contribution in [1.29, 1.82) is 0 Å². The third kappa shape index (κ3) is 5.29. The lowest BCUT2D eigenvalue weighted by Gasteiger charge is -2.12. The fourth-order valence-electron chi connectivity index (χ4n) is 3.00. The molecule has 0 aliphatic heterocycles. The van der Waals surface area contributed by atoms with Crippen LogP contribution in [0.1, 0.15) is 17.1 Å². The van der Waals surface area contributed by atoms with Gasteiger partial charge in [-0.2, -0.15) is 35.8 Å². The van der Waals surface area contributed by atoms with E-state index in [1.165, 1.54) is 30.3 Å². The van der Waals surface area contributed by atoms with Gasteiger partial charge in [0.2, 0.25) is 0 Å². The number of fused-ring (bicyclic) bond motifs is 1. The quantitative estimate of drug-likeness (QED) is 0.362. The van der Waals surface area contributed by atoms with Crippen LogP contribution in [0.25, 0.3) is 5.78 Å². The molecule has 2 heterocycles. The second-order valence-corrected chi connectivity index (χ2v) is 8.94.